The van der Waals surface area contributed by atoms with E-state index in [0.717, 1.165) is 21.4 Å². The molecule has 0 saturated heterocycles. The molecule has 0 saturated carbocycles. The van der Waals surface area contributed by atoms with E-state index in [4.69, 9.17) is 0 Å². The molecule has 0 aromatic heterocycles. The van der Waals surface area contributed by atoms with Gasteiger partial charge in [-0.05, 0) is 17.7 Å². The van der Waals surface area contributed by atoms with Crippen LogP contribution in [0.15, 0.2) is 46.9 Å². The number of hydrogen-bond acceptors (Lipinski definition) is 4. The molecule has 0 aliphatic rings. The maximum absolute atomic E-state index is 11.0. The summed E-state index contributed by atoms with van der Waals surface area (Å²) in [5, 5.41) is 14.0. The van der Waals surface area contributed by atoms with Gasteiger partial charge in [0.05, 0.1) is 4.92 Å². The van der Waals surface area contributed by atoms with Crippen molar-refractivity contribution in [3.63, 3.8) is 0 Å². The van der Waals surface area contributed by atoms with Gasteiger partial charge in [0.1, 0.15) is 0 Å². The Kier molecular flexibility index (Phi) is 4.80. The predicted octanol–water partition coefficient (Wildman–Crippen LogP) is 4.04. The van der Waals surface area contributed by atoms with E-state index in [1.807, 2.05) is 42.3 Å². The van der Waals surface area contributed by atoms with Crippen molar-refractivity contribution in [3.05, 3.63) is 62.6 Å². The topological polar surface area (TPSA) is 58.4 Å². The molecule has 6 heteroatoms. The number of halogens is 1. The van der Waals surface area contributed by atoms with Gasteiger partial charge in [-0.2, -0.15) is 0 Å². The minimum atomic E-state index is -0.378. The van der Waals surface area contributed by atoms with Gasteiger partial charge >= 0.3 is 0 Å². The molecule has 0 bridgehead atoms. The van der Waals surface area contributed by atoms with Crippen molar-refractivity contribution in [2.45, 2.75) is 6.54 Å². The Morgan fingerprint density at radius 2 is 2.00 bits per heavy atom. The summed E-state index contributed by atoms with van der Waals surface area (Å²) < 4.78 is 1.02. The minimum absolute atomic E-state index is 0.0795. The lowest BCUT2D eigenvalue weighted by molar-refractivity contribution is -0.384. The molecule has 110 valence electrons. The number of benzene rings is 2. The van der Waals surface area contributed by atoms with Crippen LogP contribution in [0.25, 0.3) is 0 Å². The van der Waals surface area contributed by atoms with Gasteiger partial charge in [-0.1, -0.05) is 34.1 Å². The van der Waals surface area contributed by atoms with Gasteiger partial charge in [-0.15, -0.1) is 0 Å². The fourth-order valence-corrected chi connectivity index (χ4v) is 2.45. The first kappa shape index (κ1) is 15.3. The third-order valence-electron chi connectivity index (χ3n) is 3.21. The largest absolute Gasteiger partial charge is 0.388 e. The lowest BCUT2D eigenvalue weighted by Crippen LogP contribution is -2.17. The standard InChI is InChI=1S/C15H16BrN3O2/c1-17-12-7-13(9-14(8-12)19(20)21)18(2)10-11-5-3-4-6-15(11)16/h3-9,17H,10H2,1-2H3. The van der Waals surface area contributed by atoms with E-state index in [-0.39, 0.29) is 10.6 Å². The second-order valence-corrected chi connectivity index (χ2v) is 5.55. The van der Waals surface area contributed by atoms with Crippen molar-refractivity contribution in [2.75, 3.05) is 24.3 Å². The van der Waals surface area contributed by atoms with Crippen molar-refractivity contribution in [1.82, 2.24) is 0 Å². The zero-order valence-electron chi connectivity index (χ0n) is 11.8. The molecule has 0 aliphatic heterocycles. The molecule has 2 rings (SSSR count). The predicted molar refractivity (Wildman–Crippen MR) is 88.9 cm³/mol. The van der Waals surface area contributed by atoms with Crippen LogP contribution in [0.1, 0.15) is 5.56 Å². The van der Waals surface area contributed by atoms with Crippen LogP contribution in [0.2, 0.25) is 0 Å². The number of non-ortho nitro benzene ring substituents is 1. The maximum Gasteiger partial charge on any atom is 0.273 e. The summed E-state index contributed by atoms with van der Waals surface area (Å²) in [6.45, 7) is 0.658. The molecule has 0 heterocycles. The Morgan fingerprint density at radius 1 is 1.29 bits per heavy atom. The van der Waals surface area contributed by atoms with Gasteiger partial charge in [0.25, 0.3) is 5.69 Å². The monoisotopic (exact) mass is 349 g/mol. The number of nitrogens with zero attached hydrogens (tertiary/aromatic N) is 2. The molecule has 0 atom stereocenters. The quantitative estimate of drug-likeness (QED) is 0.653. The smallest absolute Gasteiger partial charge is 0.273 e. The van der Waals surface area contributed by atoms with Crippen molar-refractivity contribution < 1.29 is 4.92 Å². The molecule has 0 amide bonds. The molecular weight excluding hydrogens is 334 g/mol. The van der Waals surface area contributed by atoms with E-state index < -0.39 is 0 Å². The molecule has 0 aliphatic carbocycles. The van der Waals surface area contributed by atoms with E-state index >= 15 is 0 Å². The molecule has 2 aromatic carbocycles. The summed E-state index contributed by atoms with van der Waals surface area (Å²) in [7, 11) is 3.66. The van der Waals surface area contributed by atoms with Crippen LogP contribution in [-0.2, 0) is 6.54 Å². The normalized spacial score (nSPS) is 10.2. The van der Waals surface area contributed by atoms with Crippen molar-refractivity contribution in [1.29, 1.82) is 0 Å². The van der Waals surface area contributed by atoms with Crippen molar-refractivity contribution >= 4 is 33.0 Å². The van der Waals surface area contributed by atoms with Gasteiger partial charge in [-0.25, -0.2) is 0 Å². The number of nitro benzene ring substituents is 1. The minimum Gasteiger partial charge on any atom is -0.388 e. The Labute approximate surface area is 131 Å². The lowest BCUT2D eigenvalue weighted by Gasteiger charge is -2.20. The van der Waals surface area contributed by atoms with Gasteiger partial charge in [0, 0.05) is 48.6 Å². The Bertz CT molecular complexity index is 661. The highest BCUT2D eigenvalue weighted by Gasteiger charge is 2.12. The molecular formula is C15H16BrN3O2. The summed E-state index contributed by atoms with van der Waals surface area (Å²) in [4.78, 5) is 12.6. The average molecular weight is 350 g/mol. The number of nitrogens with one attached hydrogen (secondary N) is 1. The first-order valence-electron chi connectivity index (χ1n) is 6.43. The summed E-state index contributed by atoms with van der Waals surface area (Å²) in [5.41, 5.74) is 2.72. The van der Waals surface area contributed by atoms with Crippen LogP contribution in [-0.4, -0.2) is 19.0 Å². The van der Waals surface area contributed by atoms with E-state index in [0.29, 0.717) is 6.54 Å². The first-order valence-corrected chi connectivity index (χ1v) is 7.22. The molecule has 5 nitrogen and oxygen atoms in total. The summed E-state index contributed by atoms with van der Waals surface area (Å²) >= 11 is 3.52. The van der Waals surface area contributed by atoms with Gasteiger partial charge < -0.3 is 10.2 Å². The van der Waals surface area contributed by atoms with E-state index in [1.54, 1.807) is 13.1 Å². The van der Waals surface area contributed by atoms with Gasteiger partial charge in [-0.3, -0.25) is 10.1 Å². The second kappa shape index (κ2) is 6.58. The summed E-state index contributed by atoms with van der Waals surface area (Å²) in [6, 6.07) is 12.9. The number of nitro groups is 1. The fraction of sp³-hybridized carbons (Fsp3) is 0.200. The molecule has 0 radical (unpaired) electrons. The zero-order valence-corrected chi connectivity index (χ0v) is 13.4. The Morgan fingerprint density at radius 3 is 2.62 bits per heavy atom. The number of anilines is 2. The van der Waals surface area contributed by atoms with E-state index in [9.17, 15) is 10.1 Å². The van der Waals surface area contributed by atoms with E-state index in [2.05, 4.69) is 21.2 Å². The highest BCUT2D eigenvalue weighted by molar-refractivity contribution is 9.10. The van der Waals surface area contributed by atoms with Gasteiger partial charge in [0.15, 0.2) is 0 Å². The molecule has 1 N–H and O–H groups in total. The number of rotatable bonds is 5. The van der Waals surface area contributed by atoms with Gasteiger partial charge in [0.2, 0.25) is 0 Å². The summed E-state index contributed by atoms with van der Waals surface area (Å²) in [6.07, 6.45) is 0. The van der Waals surface area contributed by atoms with Crippen molar-refractivity contribution in [2.24, 2.45) is 0 Å². The third kappa shape index (κ3) is 3.72. The van der Waals surface area contributed by atoms with Crippen LogP contribution in [0.3, 0.4) is 0 Å². The summed E-state index contributed by atoms with van der Waals surface area (Å²) in [5.74, 6) is 0. The first-order chi connectivity index (χ1) is 10.0. The van der Waals surface area contributed by atoms with Crippen LogP contribution in [0, 0.1) is 10.1 Å². The highest BCUT2D eigenvalue weighted by Crippen LogP contribution is 2.28. The molecule has 0 unspecified atom stereocenters. The second-order valence-electron chi connectivity index (χ2n) is 4.69. The number of hydrogen-bond donors (Lipinski definition) is 1. The molecule has 0 spiro atoms. The average Bonchev–Trinajstić information content (AvgIpc) is 2.49. The Hall–Kier alpha value is -2.08. The zero-order chi connectivity index (χ0) is 15.4. The molecule has 2 aromatic rings. The molecule has 21 heavy (non-hydrogen) atoms. The SMILES string of the molecule is CNc1cc(N(C)Cc2ccccc2Br)cc([N+](=O)[O-])c1. The lowest BCUT2D eigenvalue weighted by atomic mass is 10.2. The fourth-order valence-electron chi connectivity index (χ4n) is 2.04. The van der Waals surface area contributed by atoms with Crippen LogP contribution >= 0.6 is 15.9 Å². The van der Waals surface area contributed by atoms with Crippen molar-refractivity contribution in [3.8, 4) is 0 Å². The van der Waals surface area contributed by atoms with E-state index in [1.165, 1.54) is 6.07 Å². The highest BCUT2D eigenvalue weighted by atomic mass is 79.9. The third-order valence-corrected chi connectivity index (χ3v) is 3.98. The molecule has 0 fully saturated rings. The van der Waals surface area contributed by atoms with Crippen LogP contribution in [0.5, 0.6) is 0 Å². The van der Waals surface area contributed by atoms with Crippen LogP contribution in [0.4, 0.5) is 17.1 Å². The maximum atomic E-state index is 11.0. The van der Waals surface area contributed by atoms with Crippen LogP contribution < -0.4 is 10.2 Å². The Balaban J connectivity index is 2.30.